The van der Waals surface area contributed by atoms with Gasteiger partial charge >= 0.3 is 5.97 Å². The molecule has 0 atom stereocenters. The summed E-state index contributed by atoms with van der Waals surface area (Å²) in [5.41, 5.74) is 0.659. The zero-order valence-corrected chi connectivity index (χ0v) is 8.19. The van der Waals surface area contributed by atoms with Crippen LogP contribution < -0.4 is 0 Å². The van der Waals surface area contributed by atoms with Gasteiger partial charge in [0.25, 0.3) is 0 Å². The Balaban J connectivity index is 2.76. The highest BCUT2D eigenvalue weighted by Crippen LogP contribution is 2.24. The predicted molar refractivity (Wildman–Crippen MR) is 49.8 cm³/mol. The van der Waals surface area contributed by atoms with Crippen LogP contribution in [0.25, 0.3) is 4.96 Å². The zero-order valence-electron chi connectivity index (χ0n) is 6.61. The maximum Gasteiger partial charge on any atom is 0.347 e. The van der Waals surface area contributed by atoms with Crippen LogP contribution >= 0.6 is 22.9 Å². The Kier molecular flexibility index (Phi) is 1.78. The summed E-state index contributed by atoms with van der Waals surface area (Å²) in [6.45, 7) is 1.73. The van der Waals surface area contributed by atoms with Gasteiger partial charge in [0, 0.05) is 11.9 Å². The number of halogens is 1. The van der Waals surface area contributed by atoms with Crippen molar-refractivity contribution in [1.29, 1.82) is 0 Å². The van der Waals surface area contributed by atoms with Crippen molar-refractivity contribution < 1.29 is 9.90 Å². The highest BCUT2D eigenvalue weighted by molar-refractivity contribution is 7.19. The number of hydrogen-bond acceptors (Lipinski definition) is 3. The first-order valence-electron chi connectivity index (χ1n) is 3.47. The van der Waals surface area contributed by atoms with Crippen LogP contribution in [0.4, 0.5) is 0 Å². The van der Waals surface area contributed by atoms with E-state index in [2.05, 4.69) is 4.98 Å². The standard InChI is InChI=1S/C7H5ClN2O2S/c1-3-5(6(11)12)13-7-9-4(8)2-10(3)7/h2H,1H3,(H,11,12). The molecule has 0 bridgehead atoms. The van der Waals surface area contributed by atoms with E-state index < -0.39 is 5.97 Å². The third-order valence-corrected chi connectivity index (χ3v) is 3.05. The van der Waals surface area contributed by atoms with E-state index in [0.29, 0.717) is 20.7 Å². The first-order valence-corrected chi connectivity index (χ1v) is 4.66. The van der Waals surface area contributed by atoms with E-state index >= 15 is 0 Å². The van der Waals surface area contributed by atoms with Gasteiger partial charge in [-0.1, -0.05) is 22.9 Å². The van der Waals surface area contributed by atoms with Crippen molar-refractivity contribution in [3.05, 3.63) is 21.9 Å². The minimum atomic E-state index is -0.927. The average Bonchev–Trinajstić information content (AvgIpc) is 2.51. The number of nitrogens with zero attached hydrogens (tertiary/aromatic N) is 2. The molecule has 2 heterocycles. The van der Waals surface area contributed by atoms with Crippen molar-refractivity contribution in [2.75, 3.05) is 0 Å². The Labute approximate surface area is 82.4 Å². The number of rotatable bonds is 1. The lowest BCUT2D eigenvalue weighted by Gasteiger charge is -1.89. The van der Waals surface area contributed by atoms with Crippen molar-refractivity contribution in [3.8, 4) is 0 Å². The van der Waals surface area contributed by atoms with Crippen LogP contribution in [0.5, 0.6) is 0 Å². The van der Waals surface area contributed by atoms with Gasteiger partial charge in [-0.15, -0.1) is 0 Å². The molecule has 0 aromatic carbocycles. The Morgan fingerprint density at radius 1 is 1.77 bits per heavy atom. The fraction of sp³-hybridized carbons (Fsp3) is 0.143. The third kappa shape index (κ3) is 1.20. The molecule has 0 radical (unpaired) electrons. The van der Waals surface area contributed by atoms with Crippen LogP contribution in [0.3, 0.4) is 0 Å². The Morgan fingerprint density at radius 2 is 2.46 bits per heavy atom. The second-order valence-electron chi connectivity index (χ2n) is 2.54. The molecule has 0 spiro atoms. The maximum atomic E-state index is 10.7. The summed E-state index contributed by atoms with van der Waals surface area (Å²) in [5, 5.41) is 9.17. The molecule has 0 aliphatic rings. The molecule has 0 aliphatic carbocycles. The normalized spacial score (nSPS) is 10.9. The second kappa shape index (κ2) is 2.71. The molecule has 4 nitrogen and oxygen atoms in total. The summed E-state index contributed by atoms with van der Waals surface area (Å²) < 4.78 is 1.68. The smallest absolute Gasteiger partial charge is 0.347 e. The van der Waals surface area contributed by atoms with Crippen molar-refractivity contribution in [2.24, 2.45) is 0 Å². The Hall–Kier alpha value is -1.07. The van der Waals surface area contributed by atoms with Crippen LogP contribution in [0.15, 0.2) is 6.20 Å². The number of carboxylic acid groups (broad SMARTS) is 1. The molecule has 1 N–H and O–H groups in total. The molecule has 2 aromatic rings. The van der Waals surface area contributed by atoms with Crippen LogP contribution in [0.2, 0.25) is 5.15 Å². The van der Waals surface area contributed by atoms with E-state index in [1.54, 1.807) is 17.5 Å². The number of hydrogen-bond donors (Lipinski definition) is 1. The first kappa shape index (κ1) is 8.52. The molecule has 2 aromatic heterocycles. The van der Waals surface area contributed by atoms with Crippen LogP contribution in [-0.4, -0.2) is 20.5 Å². The van der Waals surface area contributed by atoms with E-state index in [4.69, 9.17) is 16.7 Å². The number of aromatic nitrogens is 2. The summed E-state index contributed by atoms with van der Waals surface area (Å²) in [6, 6.07) is 0. The lowest BCUT2D eigenvalue weighted by molar-refractivity contribution is 0.0701. The Bertz CT molecular complexity index is 488. The molecule has 0 fully saturated rings. The quantitative estimate of drug-likeness (QED) is 0.794. The van der Waals surface area contributed by atoms with Crippen LogP contribution in [-0.2, 0) is 0 Å². The molecule has 0 saturated heterocycles. The number of carboxylic acids is 1. The minimum absolute atomic E-state index is 0.305. The van der Waals surface area contributed by atoms with Gasteiger partial charge in [-0.05, 0) is 6.92 Å². The highest BCUT2D eigenvalue weighted by atomic mass is 35.5. The SMILES string of the molecule is Cc1c(C(=O)O)sc2nc(Cl)cn12. The molecule has 0 amide bonds. The lowest BCUT2D eigenvalue weighted by Crippen LogP contribution is -1.96. The lowest BCUT2D eigenvalue weighted by atomic mass is 10.4. The number of thiazole rings is 1. The molecule has 13 heavy (non-hydrogen) atoms. The van der Waals surface area contributed by atoms with Gasteiger partial charge in [-0.3, -0.25) is 4.40 Å². The summed E-state index contributed by atoms with van der Waals surface area (Å²) in [4.78, 5) is 15.6. The van der Waals surface area contributed by atoms with Crippen molar-refractivity contribution in [3.63, 3.8) is 0 Å². The molecule has 6 heteroatoms. The minimum Gasteiger partial charge on any atom is -0.477 e. The van der Waals surface area contributed by atoms with Gasteiger partial charge < -0.3 is 5.11 Å². The third-order valence-electron chi connectivity index (χ3n) is 1.72. The van der Waals surface area contributed by atoms with Gasteiger partial charge in [0.1, 0.15) is 10.0 Å². The van der Waals surface area contributed by atoms with E-state index in [0.717, 1.165) is 11.3 Å². The number of carbonyl (C=O) groups is 1. The van der Waals surface area contributed by atoms with Gasteiger partial charge in [-0.2, -0.15) is 0 Å². The molecular formula is C7H5ClN2O2S. The average molecular weight is 217 g/mol. The van der Waals surface area contributed by atoms with Crippen molar-refractivity contribution >= 4 is 33.9 Å². The second-order valence-corrected chi connectivity index (χ2v) is 3.90. The number of aromatic carboxylic acids is 1. The molecule has 2 rings (SSSR count). The Morgan fingerprint density at radius 3 is 3.00 bits per heavy atom. The number of aryl methyl sites for hydroxylation is 1. The number of fused-ring (bicyclic) bond motifs is 1. The van der Waals surface area contributed by atoms with Crippen molar-refractivity contribution in [1.82, 2.24) is 9.38 Å². The molecule has 0 aliphatic heterocycles. The first-order chi connectivity index (χ1) is 6.09. The van der Waals surface area contributed by atoms with Gasteiger partial charge in [-0.25, -0.2) is 9.78 Å². The summed E-state index contributed by atoms with van der Waals surface area (Å²) in [5.74, 6) is -0.927. The molecular weight excluding hydrogens is 212 g/mol. The van der Waals surface area contributed by atoms with Gasteiger partial charge in [0.15, 0.2) is 4.96 Å². The molecule has 0 saturated carbocycles. The fourth-order valence-electron chi connectivity index (χ4n) is 1.12. The number of imidazole rings is 1. The maximum absolute atomic E-state index is 10.7. The molecule has 68 valence electrons. The molecule has 0 unspecified atom stereocenters. The summed E-state index contributed by atoms with van der Waals surface area (Å²) in [7, 11) is 0. The van der Waals surface area contributed by atoms with E-state index in [1.165, 1.54) is 0 Å². The zero-order chi connectivity index (χ0) is 9.59. The fourth-order valence-corrected chi connectivity index (χ4v) is 2.30. The van der Waals surface area contributed by atoms with Gasteiger partial charge in [0.2, 0.25) is 0 Å². The predicted octanol–water partition coefficient (Wildman–Crippen LogP) is 2.06. The van der Waals surface area contributed by atoms with Crippen LogP contribution in [0.1, 0.15) is 15.4 Å². The van der Waals surface area contributed by atoms with E-state index in [1.807, 2.05) is 0 Å². The monoisotopic (exact) mass is 216 g/mol. The largest absolute Gasteiger partial charge is 0.477 e. The van der Waals surface area contributed by atoms with Crippen LogP contribution in [0, 0.1) is 6.92 Å². The summed E-state index contributed by atoms with van der Waals surface area (Å²) in [6.07, 6.45) is 1.61. The van der Waals surface area contributed by atoms with Crippen molar-refractivity contribution in [2.45, 2.75) is 6.92 Å². The summed E-state index contributed by atoms with van der Waals surface area (Å²) >= 11 is 6.78. The van der Waals surface area contributed by atoms with Gasteiger partial charge in [0.05, 0.1) is 0 Å². The van der Waals surface area contributed by atoms with E-state index in [9.17, 15) is 4.79 Å². The highest BCUT2D eigenvalue weighted by Gasteiger charge is 2.15. The van der Waals surface area contributed by atoms with E-state index in [-0.39, 0.29) is 0 Å². The topological polar surface area (TPSA) is 54.6 Å².